The Balaban J connectivity index is 2.92. The van der Waals surface area contributed by atoms with E-state index in [0.717, 1.165) is 0 Å². The van der Waals surface area contributed by atoms with Gasteiger partial charge in [0, 0.05) is 0 Å². The van der Waals surface area contributed by atoms with E-state index >= 15 is 0 Å². The molecule has 0 saturated heterocycles. The normalized spacial score (nSPS) is 13.7. The van der Waals surface area contributed by atoms with E-state index in [9.17, 15) is 14.7 Å². The van der Waals surface area contributed by atoms with Crippen molar-refractivity contribution in [1.82, 2.24) is 0 Å². The molecule has 92 valence electrons. The van der Waals surface area contributed by atoms with Crippen LogP contribution in [-0.4, -0.2) is 39.4 Å². The first-order chi connectivity index (χ1) is 7.93. The minimum Gasteiger partial charge on any atom is -0.480 e. The first-order valence-electron chi connectivity index (χ1n) is 4.68. The number of benzene rings is 1. The molecule has 0 heterocycles. The number of anilines is 2. The van der Waals surface area contributed by atoms with Crippen LogP contribution >= 0.6 is 0 Å². The third-order valence-corrected chi connectivity index (χ3v) is 2.11. The second-order valence-electron chi connectivity index (χ2n) is 3.33. The quantitative estimate of drug-likeness (QED) is 0.441. The van der Waals surface area contributed by atoms with Gasteiger partial charge in [0.1, 0.15) is 0 Å². The predicted molar refractivity (Wildman–Crippen MR) is 59.5 cm³/mol. The molecule has 0 aliphatic rings. The maximum absolute atomic E-state index is 10.8. The SMILES string of the molecule is Nc1ccccc1NC(C(=O)O)[C@@H](O)C(=O)O. The average Bonchev–Trinajstić information content (AvgIpc) is 2.26. The number of nitrogens with one attached hydrogen (secondary N) is 1. The van der Waals surface area contributed by atoms with Crippen molar-refractivity contribution < 1.29 is 24.9 Å². The van der Waals surface area contributed by atoms with Crippen molar-refractivity contribution in [1.29, 1.82) is 0 Å². The molecule has 2 atom stereocenters. The Hall–Kier alpha value is -2.28. The molecule has 7 nitrogen and oxygen atoms in total. The highest BCUT2D eigenvalue weighted by molar-refractivity contribution is 5.87. The molecule has 0 aliphatic heterocycles. The molecule has 0 bridgehead atoms. The number of hydrogen-bond acceptors (Lipinski definition) is 5. The van der Waals surface area contributed by atoms with Crippen molar-refractivity contribution in [2.75, 3.05) is 11.1 Å². The van der Waals surface area contributed by atoms with Crippen LogP contribution in [0.15, 0.2) is 24.3 Å². The molecule has 17 heavy (non-hydrogen) atoms. The van der Waals surface area contributed by atoms with Gasteiger partial charge in [-0.25, -0.2) is 9.59 Å². The lowest BCUT2D eigenvalue weighted by Crippen LogP contribution is -2.45. The highest BCUT2D eigenvalue weighted by Crippen LogP contribution is 2.18. The van der Waals surface area contributed by atoms with Crippen LogP contribution in [0.3, 0.4) is 0 Å². The molecule has 0 spiro atoms. The zero-order valence-electron chi connectivity index (χ0n) is 8.70. The standard InChI is InChI=1S/C10H12N2O5/c11-5-3-1-2-4-6(5)12-7(9(14)15)8(13)10(16)17/h1-4,7-8,12-13H,11H2,(H,14,15)(H,16,17)/t7?,8-/m1/s1. The lowest BCUT2D eigenvalue weighted by Gasteiger charge is -2.19. The van der Waals surface area contributed by atoms with Crippen molar-refractivity contribution in [3.8, 4) is 0 Å². The number of rotatable bonds is 5. The molecule has 0 aromatic heterocycles. The van der Waals surface area contributed by atoms with Gasteiger partial charge in [0.15, 0.2) is 12.1 Å². The number of carboxylic acid groups (broad SMARTS) is 2. The molecular weight excluding hydrogens is 228 g/mol. The van der Waals surface area contributed by atoms with Crippen LogP contribution in [0.4, 0.5) is 11.4 Å². The molecule has 1 rings (SSSR count). The van der Waals surface area contributed by atoms with Gasteiger partial charge in [-0.2, -0.15) is 0 Å². The van der Waals surface area contributed by atoms with Gasteiger partial charge in [0.05, 0.1) is 11.4 Å². The zero-order valence-corrected chi connectivity index (χ0v) is 8.70. The molecule has 0 fully saturated rings. The van der Waals surface area contributed by atoms with E-state index in [1.165, 1.54) is 12.1 Å². The Labute approximate surface area is 96.5 Å². The van der Waals surface area contributed by atoms with Crippen molar-refractivity contribution in [2.45, 2.75) is 12.1 Å². The van der Waals surface area contributed by atoms with Crippen molar-refractivity contribution in [3.63, 3.8) is 0 Å². The average molecular weight is 240 g/mol. The molecule has 6 N–H and O–H groups in total. The summed E-state index contributed by atoms with van der Waals surface area (Å²) in [4.78, 5) is 21.4. The Kier molecular flexibility index (Phi) is 3.89. The fraction of sp³-hybridized carbons (Fsp3) is 0.200. The van der Waals surface area contributed by atoms with E-state index in [2.05, 4.69) is 5.32 Å². The summed E-state index contributed by atoms with van der Waals surface area (Å²) in [7, 11) is 0. The molecule has 1 aromatic rings. The molecule has 0 radical (unpaired) electrons. The molecule has 0 saturated carbocycles. The molecule has 0 amide bonds. The van der Waals surface area contributed by atoms with E-state index in [-0.39, 0.29) is 11.4 Å². The fourth-order valence-corrected chi connectivity index (χ4v) is 1.21. The van der Waals surface area contributed by atoms with E-state index in [4.69, 9.17) is 15.9 Å². The summed E-state index contributed by atoms with van der Waals surface area (Å²) in [5, 5.41) is 29.0. The van der Waals surface area contributed by atoms with Gasteiger partial charge in [-0.3, -0.25) is 0 Å². The van der Waals surface area contributed by atoms with Gasteiger partial charge in [-0.15, -0.1) is 0 Å². The van der Waals surface area contributed by atoms with Crippen LogP contribution in [-0.2, 0) is 9.59 Å². The zero-order chi connectivity index (χ0) is 13.0. The summed E-state index contributed by atoms with van der Waals surface area (Å²) in [6, 6.07) is 4.58. The topological polar surface area (TPSA) is 133 Å². The maximum Gasteiger partial charge on any atom is 0.335 e. The van der Waals surface area contributed by atoms with Gasteiger partial charge in [0.2, 0.25) is 0 Å². The fourth-order valence-electron chi connectivity index (χ4n) is 1.21. The monoisotopic (exact) mass is 240 g/mol. The Morgan fingerprint density at radius 2 is 1.76 bits per heavy atom. The van der Waals surface area contributed by atoms with Crippen molar-refractivity contribution >= 4 is 23.3 Å². The third kappa shape index (κ3) is 3.08. The molecule has 1 aromatic carbocycles. The van der Waals surface area contributed by atoms with Gasteiger partial charge >= 0.3 is 11.9 Å². The Bertz CT molecular complexity index is 434. The highest BCUT2D eigenvalue weighted by Gasteiger charge is 2.32. The number of para-hydroxylation sites is 2. The van der Waals surface area contributed by atoms with Gasteiger partial charge in [0.25, 0.3) is 0 Å². The van der Waals surface area contributed by atoms with Crippen molar-refractivity contribution in [2.24, 2.45) is 0 Å². The molecular formula is C10H12N2O5. The summed E-state index contributed by atoms with van der Waals surface area (Å²) in [6.07, 6.45) is -2.06. The summed E-state index contributed by atoms with van der Waals surface area (Å²) in [5.41, 5.74) is 6.07. The first-order valence-corrected chi connectivity index (χ1v) is 4.68. The van der Waals surface area contributed by atoms with E-state index in [0.29, 0.717) is 0 Å². The summed E-state index contributed by atoms with van der Waals surface area (Å²) >= 11 is 0. The van der Waals surface area contributed by atoms with Crippen LogP contribution in [0.2, 0.25) is 0 Å². The third-order valence-electron chi connectivity index (χ3n) is 2.11. The lowest BCUT2D eigenvalue weighted by atomic mass is 10.1. The Morgan fingerprint density at radius 3 is 2.24 bits per heavy atom. The molecule has 0 aliphatic carbocycles. The van der Waals surface area contributed by atoms with Crippen LogP contribution in [0.5, 0.6) is 0 Å². The van der Waals surface area contributed by atoms with Crippen LogP contribution in [0.25, 0.3) is 0 Å². The summed E-state index contributed by atoms with van der Waals surface area (Å²) in [6.45, 7) is 0. The van der Waals surface area contributed by atoms with E-state index < -0.39 is 24.1 Å². The maximum atomic E-state index is 10.8. The van der Waals surface area contributed by atoms with Gasteiger partial charge in [-0.05, 0) is 12.1 Å². The highest BCUT2D eigenvalue weighted by atomic mass is 16.4. The number of nitrogen functional groups attached to an aromatic ring is 1. The predicted octanol–water partition coefficient (Wildman–Crippen LogP) is -0.421. The molecule has 7 heteroatoms. The van der Waals surface area contributed by atoms with Crippen molar-refractivity contribution in [3.05, 3.63) is 24.3 Å². The lowest BCUT2D eigenvalue weighted by molar-refractivity contribution is -0.154. The van der Waals surface area contributed by atoms with Crippen LogP contribution in [0.1, 0.15) is 0 Å². The number of aliphatic hydroxyl groups is 1. The van der Waals surface area contributed by atoms with Gasteiger partial charge < -0.3 is 26.4 Å². The largest absolute Gasteiger partial charge is 0.480 e. The molecule has 1 unspecified atom stereocenters. The van der Waals surface area contributed by atoms with Crippen LogP contribution < -0.4 is 11.1 Å². The Morgan fingerprint density at radius 1 is 1.18 bits per heavy atom. The first kappa shape index (κ1) is 12.8. The minimum atomic E-state index is -2.06. The van der Waals surface area contributed by atoms with E-state index in [1.54, 1.807) is 12.1 Å². The van der Waals surface area contributed by atoms with Crippen LogP contribution in [0, 0.1) is 0 Å². The number of aliphatic carboxylic acids is 2. The summed E-state index contributed by atoms with van der Waals surface area (Å²) in [5.74, 6) is -3.11. The number of nitrogens with two attached hydrogens (primary N) is 1. The van der Waals surface area contributed by atoms with Gasteiger partial charge in [-0.1, -0.05) is 12.1 Å². The second-order valence-corrected chi connectivity index (χ2v) is 3.33. The smallest absolute Gasteiger partial charge is 0.335 e. The number of aliphatic hydroxyl groups excluding tert-OH is 1. The summed E-state index contributed by atoms with van der Waals surface area (Å²) < 4.78 is 0. The number of carbonyl (C=O) groups is 2. The minimum absolute atomic E-state index is 0.250. The van der Waals surface area contributed by atoms with E-state index in [1.807, 2.05) is 0 Å². The number of hydrogen-bond donors (Lipinski definition) is 5. The number of carboxylic acids is 2. The second kappa shape index (κ2) is 5.17.